The van der Waals surface area contributed by atoms with Crippen molar-refractivity contribution in [3.05, 3.63) is 29.3 Å². The smallest absolute Gasteiger partial charge is 0.122 e. The Balaban J connectivity index is 1.95. The quantitative estimate of drug-likeness (QED) is 0.822. The highest BCUT2D eigenvalue weighted by molar-refractivity contribution is 5.45. The fourth-order valence-corrected chi connectivity index (χ4v) is 4.12. The molecule has 2 nitrogen and oxygen atoms in total. The van der Waals surface area contributed by atoms with Gasteiger partial charge in [-0.1, -0.05) is 19.1 Å². The minimum absolute atomic E-state index is 0.695. The molecule has 1 aliphatic heterocycles. The summed E-state index contributed by atoms with van der Waals surface area (Å²) in [5.41, 5.74) is 3.04. The minimum Gasteiger partial charge on any atom is -0.496 e. The lowest BCUT2D eigenvalue weighted by molar-refractivity contribution is 0.111. The van der Waals surface area contributed by atoms with Crippen LogP contribution in [0.25, 0.3) is 0 Å². The third kappa shape index (κ3) is 2.27. The molecule has 0 radical (unpaired) electrons. The van der Waals surface area contributed by atoms with Crippen molar-refractivity contribution in [2.24, 2.45) is 0 Å². The van der Waals surface area contributed by atoms with Crippen LogP contribution in [-0.4, -0.2) is 31.1 Å². The summed E-state index contributed by atoms with van der Waals surface area (Å²) in [5, 5.41) is 0. The number of methoxy groups -OCH3 is 1. The molecule has 2 heteroatoms. The second kappa shape index (κ2) is 5.54. The van der Waals surface area contributed by atoms with Crippen molar-refractivity contribution in [3.63, 3.8) is 0 Å². The van der Waals surface area contributed by atoms with Gasteiger partial charge in [0.1, 0.15) is 5.75 Å². The summed E-state index contributed by atoms with van der Waals surface area (Å²) in [6.45, 7) is 4.84. The monoisotopic (exact) mass is 259 g/mol. The van der Waals surface area contributed by atoms with E-state index in [1.807, 2.05) is 7.11 Å². The number of likely N-dealkylation sites (tertiary alicyclic amines) is 1. The second-order valence-corrected chi connectivity index (χ2v) is 5.92. The van der Waals surface area contributed by atoms with Crippen molar-refractivity contribution in [1.82, 2.24) is 4.90 Å². The highest BCUT2D eigenvalue weighted by Gasteiger charge is 2.37. The van der Waals surface area contributed by atoms with Gasteiger partial charge in [-0.05, 0) is 56.8 Å². The number of hydrogen-bond donors (Lipinski definition) is 0. The molecule has 0 N–H and O–H groups in total. The van der Waals surface area contributed by atoms with Gasteiger partial charge in [-0.15, -0.1) is 0 Å². The number of piperidine rings is 1. The molecule has 2 atom stereocenters. The van der Waals surface area contributed by atoms with Crippen molar-refractivity contribution in [2.75, 3.05) is 20.2 Å². The Hall–Kier alpha value is -1.02. The summed E-state index contributed by atoms with van der Waals surface area (Å²) < 4.78 is 5.64. The molecule has 19 heavy (non-hydrogen) atoms. The Labute approximate surface area is 116 Å². The van der Waals surface area contributed by atoms with E-state index in [1.165, 1.54) is 56.3 Å². The van der Waals surface area contributed by atoms with Crippen molar-refractivity contribution in [2.45, 2.75) is 51.0 Å². The number of ether oxygens (including phenoxy) is 1. The van der Waals surface area contributed by atoms with E-state index in [0.29, 0.717) is 5.92 Å². The van der Waals surface area contributed by atoms with E-state index in [9.17, 15) is 0 Å². The molecule has 0 bridgehead atoms. The Morgan fingerprint density at radius 2 is 2.21 bits per heavy atom. The van der Waals surface area contributed by atoms with Crippen molar-refractivity contribution >= 4 is 0 Å². The molecule has 1 aliphatic carbocycles. The Morgan fingerprint density at radius 1 is 1.32 bits per heavy atom. The van der Waals surface area contributed by atoms with Gasteiger partial charge in [0.25, 0.3) is 0 Å². The van der Waals surface area contributed by atoms with Crippen LogP contribution in [0.3, 0.4) is 0 Å². The van der Waals surface area contributed by atoms with Gasteiger partial charge in [-0.3, -0.25) is 4.90 Å². The summed E-state index contributed by atoms with van der Waals surface area (Å²) >= 11 is 0. The van der Waals surface area contributed by atoms with Gasteiger partial charge in [0.05, 0.1) is 7.11 Å². The van der Waals surface area contributed by atoms with Gasteiger partial charge < -0.3 is 4.74 Å². The highest BCUT2D eigenvalue weighted by atomic mass is 16.5. The van der Waals surface area contributed by atoms with Crippen molar-refractivity contribution in [1.29, 1.82) is 0 Å². The SMILES string of the molecule is CCCN1CCC[C@H]2c3c(cccc3OC)CC[C@H]21. The predicted molar refractivity (Wildman–Crippen MR) is 78.9 cm³/mol. The molecule has 3 rings (SSSR count). The average molecular weight is 259 g/mol. The van der Waals surface area contributed by atoms with Gasteiger partial charge in [0.2, 0.25) is 0 Å². The van der Waals surface area contributed by atoms with Crippen LogP contribution in [0.4, 0.5) is 0 Å². The third-order valence-corrected chi connectivity index (χ3v) is 4.86. The van der Waals surface area contributed by atoms with E-state index in [-0.39, 0.29) is 0 Å². The largest absolute Gasteiger partial charge is 0.496 e. The first-order chi connectivity index (χ1) is 9.35. The molecule has 1 aromatic rings. The predicted octanol–water partition coefficient (Wildman–Crippen LogP) is 3.60. The van der Waals surface area contributed by atoms with Crippen LogP contribution in [0.15, 0.2) is 18.2 Å². The van der Waals surface area contributed by atoms with E-state index in [4.69, 9.17) is 4.74 Å². The van der Waals surface area contributed by atoms with Crippen LogP contribution >= 0.6 is 0 Å². The van der Waals surface area contributed by atoms with Crippen LogP contribution in [0.2, 0.25) is 0 Å². The summed E-state index contributed by atoms with van der Waals surface area (Å²) in [6.07, 6.45) is 6.47. The Morgan fingerprint density at radius 3 is 3.00 bits per heavy atom. The van der Waals surface area contributed by atoms with Gasteiger partial charge in [0.15, 0.2) is 0 Å². The Kier molecular flexibility index (Phi) is 3.79. The molecule has 2 aliphatic rings. The Bertz CT molecular complexity index is 427. The van der Waals surface area contributed by atoms with Crippen LogP contribution < -0.4 is 4.74 Å². The van der Waals surface area contributed by atoms with Gasteiger partial charge >= 0.3 is 0 Å². The van der Waals surface area contributed by atoms with Crippen LogP contribution in [0.1, 0.15) is 49.7 Å². The summed E-state index contributed by atoms with van der Waals surface area (Å²) in [4.78, 5) is 2.73. The lowest BCUT2D eigenvalue weighted by Gasteiger charge is -2.45. The molecule has 0 saturated carbocycles. The number of aryl methyl sites for hydroxylation is 1. The van der Waals surface area contributed by atoms with E-state index >= 15 is 0 Å². The van der Waals surface area contributed by atoms with Crippen LogP contribution in [0, 0.1) is 0 Å². The van der Waals surface area contributed by atoms with E-state index in [1.54, 1.807) is 0 Å². The molecular formula is C17H25NO. The fraction of sp³-hybridized carbons (Fsp3) is 0.647. The van der Waals surface area contributed by atoms with Gasteiger partial charge in [-0.2, -0.15) is 0 Å². The number of benzene rings is 1. The normalized spacial score (nSPS) is 26.6. The minimum atomic E-state index is 0.695. The average Bonchev–Trinajstić information content (AvgIpc) is 2.47. The maximum Gasteiger partial charge on any atom is 0.122 e. The summed E-state index contributed by atoms with van der Waals surface area (Å²) in [6, 6.07) is 7.33. The standard InChI is InChI=1S/C17H25NO/c1-3-11-18-12-5-7-14-15(18)10-9-13-6-4-8-16(19-2)17(13)14/h4,6,8,14-15H,3,5,7,9-12H2,1-2H3/t14-,15-/m1/s1. The molecule has 0 amide bonds. The zero-order chi connectivity index (χ0) is 13.2. The van der Waals surface area contributed by atoms with Gasteiger partial charge in [-0.25, -0.2) is 0 Å². The lowest BCUT2D eigenvalue weighted by atomic mass is 9.74. The molecule has 104 valence electrons. The van der Waals surface area contributed by atoms with Gasteiger partial charge in [0, 0.05) is 17.5 Å². The fourth-order valence-electron chi connectivity index (χ4n) is 4.12. The third-order valence-electron chi connectivity index (χ3n) is 4.86. The first-order valence-corrected chi connectivity index (χ1v) is 7.75. The zero-order valence-corrected chi connectivity index (χ0v) is 12.2. The molecule has 1 heterocycles. The summed E-state index contributed by atoms with van der Waals surface area (Å²) in [5.74, 6) is 1.81. The van der Waals surface area contributed by atoms with E-state index < -0.39 is 0 Å². The van der Waals surface area contributed by atoms with Crippen molar-refractivity contribution < 1.29 is 4.74 Å². The topological polar surface area (TPSA) is 12.5 Å². The maximum atomic E-state index is 5.64. The number of hydrogen-bond acceptors (Lipinski definition) is 2. The first kappa shape index (κ1) is 13.0. The molecule has 1 fully saturated rings. The number of fused-ring (bicyclic) bond motifs is 3. The summed E-state index contributed by atoms with van der Waals surface area (Å²) in [7, 11) is 1.81. The highest BCUT2D eigenvalue weighted by Crippen LogP contribution is 2.44. The van der Waals surface area contributed by atoms with Crippen molar-refractivity contribution in [3.8, 4) is 5.75 Å². The van der Waals surface area contributed by atoms with Crippen LogP contribution in [-0.2, 0) is 6.42 Å². The molecule has 0 aromatic heterocycles. The zero-order valence-electron chi connectivity index (χ0n) is 12.2. The number of nitrogens with zero attached hydrogens (tertiary/aromatic N) is 1. The molecule has 0 unspecified atom stereocenters. The molecule has 1 aromatic carbocycles. The maximum absolute atomic E-state index is 5.64. The van der Waals surface area contributed by atoms with E-state index in [0.717, 1.165) is 11.8 Å². The first-order valence-electron chi connectivity index (χ1n) is 7.75. The van der Waals surface area contributed by atoms with E-state index in [2.05, 4.69) is 30.0 Å². The molecular weight excluding hydrogens is 234 g/mol. The van der Waals surface area contributed by atoms with Crippen LogP contribution in [0.5, 0.6) is 5.75 Å². The molecule has 0 spiro atoms. The number of rotatable bonds is 3. The second-order valence-electron chi connectivity index (χ2n) is 5.92. The molecule has 1 saturated heterocycles. The lowest BCUT2D eigenvalue weighted by Crippen LogP contribution is -2.46.